The summed E-state index contributed by atoms with van der Waals surface area (Å²) in [7, 11) is 0. The van der Waals surface area contributed by atoms with E-state index in [2.05, 4.69) is 0 Å². The van der Waals surface area contributed by atoms with Gasteiger partial charge >= 0.3 is 5.97 Å². The largest absolute Gasteiger partial charge is 0.479 e. The molecule has 1 unspecified atom stereocenters. The first-order chi connectivity index (χ1) is 6.82. The van der Waals surface area contributed by atoms with E-state index in [-0.39, 0.29) is 40.5 Å². The zero-order valence-corrected chi connectivity index (χ0v) is 11.6. The van der Waals surface area contributed by atoms with Crippen LogP contribution in [0.1, 0.15) is 0 Å². The van der Waals surface area contributed by atoms with Gasteiger partial charge in [-0.1, -0.05) is 0 Å². The Labute approximate surface area is 124 Å². The summed E-state index contributed by atoms with van der Waals surface area (Å²) in [6.45, 7) is -0.881. The molecule has 11 heteroatoms. The molecule has 0 aliphatic carbocycles. The molecule has 0 bridgehead atoms. The van der Waals surface area contributed by atoms with E-state index < -0.39 is 43.1 Å². The van der Waals surface area contributed by atoms with E-state index in [0.29, 0.717) is 0 Å². The van der Waals surface area contributed by atoms with Crippen LogP contribution in [0.25, 0.3) is 0 Å². The average molecular weight is 285 g/mol. The summed E-state index contributed by atoms with van der Waals surface area (Å²) in [6.07, 6.45) is -10.2. The fraction of sp³-hybridized carbons (Fsp3) is 0.857. The quantitative estimate of drug-likeness (QED) is 0.232. The molecule has 11 N–H and O–H groups in total. The molecule has 0 aromatic rings. The Morgan fingerprint density at radius 1 is 0.889 bits per heavy atom. The molecule has 0 saturated heterocycles. The van der Waals surface area contributed by atoms with Gasteiger partial charge in [-0.3, -0.25) is 0 Å². The minimum Gasteiger partial charge on any atom is -0.479 e. The Hall–Kier alpha value is 0.150. The van der Waals surface area contributed by atoms with E-state index in [4.69, 9.17) is 35.7 Å². The van der Waals surface area contributed by atoms with Crippen LogP contribution < -0.4 is 0 Å². The number of hydrogen-bond donors (Lipinski definition) is 7. The van der Waals surface area contributed by atoms with Crippen LogP contribution in [0.3, 0.4) is 0 Å². The summed E-state index contributed by atoms with van der Waals surface area (Å²) < 4.78 is 0. The molecule has 107 valence electrons. The third-order valence-electron chi connectivity index (χ3n) is 1.86. The number of carboxylic acids is 1. The van der Waals surface area contributed by atoms with Crippen LogP contribution in [-0.2, 0) is 4.79 Å². The minimum atomic E-state index is -2.29. The molecule has 0 amide bonds. The molecule has 0 heterocycles. The molecule has 0 aromatic heterocycles. The number of carboxylic acid groups (broad SMARTS) is 1. The summed E-state index contributed by atoms with van der Waals surface area (Å²) in [5, 5.41) is 61.5. The molecule has 0 rings (SSSR count). The number of carbonyl (C=O) groups is 1. The molecule has 10 nitrogen and oxygen atoms in total. The molecule has 18 heavy (non-hydrogen) atoms. The van der Waals surface area contributed by atoms with E-state index in [1.807, 2.05) is 0 Å². The molecule has 1 radical (unpaired) electrons. The molecule has 0 saturated carbocycles. The van der Waals surface area contributed by atoms with Crippen molar-refractivity contribution in [1.29, 1.82) is 0 Å². The summed E-state index contributed by atoms with van der Waals surface area (Å²) in [5.74, 6) is -1.78. The van der Waals surface area contributed by atoms with Crippen LogP contribution >= 0.6 is 0 Å². The predicted molar refractivity (Wildman–Crippen MR) is 57.7 cm³/mol. The van der Waals surface area contributed by atoms with Gasteiger partial charge in [0, 0.05) is 29.6 Å². The van der Waals surface area contributed by atoms with Gasteiger partial charge in [0.25, 0.3) is 0 Å². The second kappa shape index (κ2) is 12.2. The van der Waals surface area contributed by atoms with E-state index in [1.165, 1.54) is 0 Å². The van der Waals surface area contributed by atoms with Gasteiger partial charge in [-0.15, -0.1) is 0 Å². The number of aliphatic hydroxyl groups excluding tert-OH is 6. The number of aliphatic hydroxyl groups is 6. The van der Waals surface area contributed by atoms with E-state index >= 15 is 0 Å². The maximum atomic E-state index is 10.2. The molecular weight excluding hydrogens is 267 g/mol. The topological polar surface area (TPSA) is 222 Å². The second-order valence-electron chi connectivity index (χ2n) is 3.00. The fourth-order valence-corrected chi connectivity index (χ4v) is 0.870. The maximum absolute atomic E-state index is 10.2. The number of aliphatic carboxylic acids is 1. The van der Waals surface area contributed by atoms with E-state index in [1.54, 1.807) is 0 Å². The standard InChI is InChI=1S/C7H14O8.Na.2H2O/c8-1-2(9)3(10)4(11)5(12)6(13)7(14)15;;;/h2-6,8-13H,1H2,(H,14,15);;2*1H2/t2-,3-,4+,5-,6?;;;/m1.../s1. The molecule has 0 aliphatic heterocycles. The van der Waals surface area contributed by atoms with Crippen molar-refractivity contribution >= 4 is 35.5 Å². The van der Waals surface area contributed by atoms with Crippen LogP contribution in [0.5, 0.6) is 0 Å². The number of rotatable bonds is 6. The monoisotopic (exact) mass is 285 g/mol. The summed E-state index contributed by atoms with van der Waals surface area (Å²) in [5.41, 5.74) is 0. The molecular formula is C7H18NaO10. The first kappa shape index (κ1) is 26.7. The third kappa shape index (κ3) is 7.56. The summed E-state index contributed by atoms with van der Waals surface area (Å²) in [4.78, 5) is 10.2. The van der Waals surface area contributed by atoms with Crippen molar-refractivity contribution < 1.29 is 51.5 Å². The van der Waals surface area contributed by atoms with Gasteiger partial charge in [0.05, 0.1) is 6.61 Å². The van der Waals surface area contributed by atoms with Gasteiger partial charge in [-0.25, -0.2) is 4.79 Å². The van der Waals surface area contributed by atoms with E-state index in [9.17, 15) is 4.79 Å². The van der Waals surface area contributed by atoms with Crippen molar-refractivity contribution in [2.75, 3.05) is 6.61 Å². The fourth-order valence-electron chi connectivity index (χ4n) is 0.870. The van der Waals surface area contributed by atoms with Gasteiger partial charge < -0.3 is 46.7 Å². The zero-order valence-electron chi connectivity index (χ0n) is 9.63. The molecule has 0 fully saturated rings. The smallest absolute Gasteiger partial charge is 0.335 e. The van der Waals surface area contributed by atoms with Gasteiger partial charge in [0.1, 0.15) is 24.4 Å². The first-order valence-corrected chi connectivity index (χ1v) is 4.07. The summed E-state index contributed by atoms with van der Waals surface area (Å²) >= 11 is 0. The van der Waals surface area contributed by atoms with Crippen LogP contribution in [0.15, 0.2) is 0 Å². The number of hydrogen-bond acceptors (Lipinski definition) is 7. The van der Waals surface area contributed by atoms with Crippen molar-refractivity contribution in [3.05, 3.63) is 0 Å². The predicted octanol–water partition coefficient (Wildman–Crippen LogP) is -6.16. The Morgan fingerprint density at radius 3 is 1.56 bits per heavy atom. The molecule has 5 atom stereocenters. The first-order valence-electron chi connectivity index (χ1n) is 4.07. The van der Waals surface area contributed by atoms with Gasteiger partial charge in [0.15, 0.2) is 6.10 Å². The average Bonchev–Trinajstić information content (AvgIpc) is 2.23. The van der Waals surface area contributed by atoms with E-state index in [0.717, 1.165) is 0 Å². The van der Waals surface area contributed by atoms with Crippen LogP contribution in [0.4, 0.5) is 0 Å². The second-order valence-corrected chi connectivity index (χ2v) is 3.00. The Balaban J connectivity index is -0.000000327. The molecule has 0 aliphatic rings. The molecule has 0 spiro atoms. The van der Waals surface area contributed by atoms with Gasteiger partial charge in [-0.2, -0.15) is 0 Å². The van der Waals surface area contributed by atoms with Crippen molar-refractivity contribution in [1.82, 2.24) is 0 Å². The van der Waals surface area contributed by atoms with Crippen LogP contribution in [-0.4, -0.2) is 119 Å². The van der Waals surface area contributed by atoms with Gasteiger partial charge in [-0.05, 0) is 0 Å². The Bertz CT molecular complexity index is 214. The Morgan fingerprint density at radius 2 is 1.28 bits per heavy atom. The minimum absolute atomic E-state index is 0. The normalized spacial score (nSPS) is 17.9. The summed E-state index contributed by atoms with van der Waals surface area (Å²) in [6, 6.07) is 0. The van der Waals surface area contributed by atoms with Crippen LogP contribution in [0, 0.1) is 0 Å². The molecule has 0 aromatic carbocycles. The van der Waals surface area contributed by atoms with Gasteiger partial charge in [0.2, 0.25) is 0 Å². The SMILES string of the molecule is O.O.O=C(O)C(O)[C@H](O)[C@@H](O)[C@H](O)[C@H](O)CO.[Na]. The zero-order chi connectivity index (χ0) is 12.2. The van der Waals surface area contributed by atoms with Crippen molar-refractivity contribution in [2.45, 2.75) is 30.5 Å². The Kier molecular flexibility index (Phi) is 18.1. The maximum Gasteiger partial charge on any atom is 0.335 e. The van der Waals surface area contributed by atoms with Crippen molar-refractivity contribution in [2.24, 2.45) is 0 Å². The van der Waals surface area contributed by atoms with Crippen molar-refractivity contribution in [3.63, 3.8) is 0 Å². The van der Waals surface area contributed by atoms with Crippen LogP contribution in [0.2, 0.25) is 0 Å². The van der Waals surface area contributed by atoms with Crippen molar-refractivity contribution in [3.8, 4) is 0 Å². The third-order valence-corrected chi connectivity index (χ3v) is 1.86.